The largest absolute Gasteiger partial charge is 0.376 e. The Bertz CT molecular complexity index is 523. The average molecular weight is 295 g/mol. The third-order valence-electron chi connectivity index (χ3n) is 3.07. The van der Waals surface area contributed by atoms with E-state index in [1.54, 1.807) is 11.3 Å². The first-order valence-electron chi connectivity index (χ1n) is 6.38. The average Bonchev–Trinajstić information content (AvgIpc) is 2.89. The molecule has 0 saturated heterocycles. The van der Waals surface area contributed by atoms with Crippen LogP contribution >= 0.6 is 22.9 Å². The van der Waals surface area contributed by atoms with Gasteiger partial charge in [-0.2, -0.15) is 0 Å². The van der Waals surface area contributed by atoms with E-state index >= 15 is 0 Å². The maximum Gasteiger partial charge on any atom is 0.0604 e. The standard InChI is InChI=1S/C15H19ClN2S/c1-4-12(15-6-5-9-19-15)17-13-10-11(16)7-8-14(13)18(2)3/h5-10,12,17H,4H2,1-3H3. The van der Waals surface area contributed by atoms with Crippen LogP contribution in [0.15, 0.2) is 35.7 Å². The molecule has 1 N–H and O–H groups in total. The maximum atomic E-state index is 6.12. The Morgan fingerprint density at radius 1 is 1.32 bits per heavy atom. The van der Waals surface area contributed by atoms with E-state index in [2.05, 4.69) is 34.7 Å². The number of anilines is 2. The SMILES string of the molecule is CCC(Nc1cc(Cl)ccc1N(C)C)c1cccs1. The van der Waals surface area contributed by atoms with Crippen molar-refractivity contribution >= 4 is 34.3 Å². The van der Waals surface area contributed by atoms with Crippen LogP contribution in [0.2, 0.25) is 5.02 Å². The van der Waals surface area contributed by atoms with Gasteiger partial charge in [0.05, 0.1) is 17.4 Å². The number of halogens is 1. The number of nitrogens with zero attached hydrogens (tertiary/aromatic N) is 1. The number of hydrogen-bond donors (Lipinski definition) is 1. The predicted molar refractivity (Wildman–Crippen MR) is 86.8 cm³/mol. The lowest BCUT2D eigenvalue weighted by molar-refractivity contribution is 0.763. The molecule has 1 aromatic heterocycles. The van der Waals surface area contributed by atoms with Crippen LogP contribution in [0.25, 0.3) is 0 Å². The van der Waals surface area contributed by atoms with Gasteiger partial charge in [0.25, 0.3) is 0 Å². The Kier molecular flexibility index (Phi) is 4.72. The molecule has 0 bridgehead atoms. The highest BCUT2D eigenvalue weighted by Gasteiger charge is 2.13. The fourth-order valence-electron chi connectivity index (χ4n) is 2.07. The first-order valence-corrected chi connectivity index (χ1v) is 7.64. The minimum absolute atomic E-state index is 0.331. The molecule has 2 aromatic rings. The van der Waals surface area contributed by atoms with Gasteiger partial charge in [0.15, 0.2) is 0 Å². The molecule has 102 valence electrons. The van der Waals surface area contributed by atoms with Crippen molar-refractivity contribution in [3.8, 4) is 0 Å². The van der Waals surface area contributed by atoms with E-state index < -0.39 is 0 Å². The molecule has 0 aliphatic heterocycles. The van der Waals surface area contributed by atoms with Crippen LogP contribution in [-0.2, 0) is 0 Å². The predicted octanol–water partition coefficient (Wildman–Crippen LogP) is 5.03. The van der Waals surface area contributed by atoms with E-state index in [-0.39, 0.29) is 0 Å². The van der Waals surface area contributed by atoms with Crippen molar-refractivity contribution in [1.82, 2.24) is 0 Å². The fourth-order valence-corrected chi connectivity index (χ4v) is 3.10. The normalized spacial score (nSPS) is 12.2. The van der Waals surface area contributed by atoms with Crippen LogP contribution in [0.4, 0.5) is 11.4 Å². The van der Waals surface area contributed by atoms with Gasteiger partial charge in [0, 0.05) is 24.0 Å². The zero-order chi connectivity index (χ0) is 13.8. The number of benzene rings is 1. The maximum absolute atomic E-state index is 6.12. The molecule has 1 atom stereocenters. The fraction of sp³-hybridized carbons (Fsp3) is 0.333. The smallest absolute Gasteiger partial charge is 0.0604 e. The van der Waals surface area contributed by atoms with Crippen molar-refractivity contribution in [2.75, 3.05) is 24.3 Å². The lowest BCUT2D eigenvalue weighted by Crippen LogP contribution is -2.14. The Hall–Kier alpha value is -1.19. The zero-order valence-corrected chi connectivity index (χ0v) is 13.1. The van der Waals surface area contributed by atoms with Crippen LogP contribution in [0, 0.1) is 0 Å². The van der Waals surface area contributed by atoms with E-state index in [0.29, 0.717) is 6.04 Å². The van der Waals surface area contributed by atoms with Crippen molar-refractivity contribution < 1.29 is 0 Å². The number of rotatable bonds is 5. The molecular weight excluding hydrogens is 276 g/mol. The molecule has 2 rings (SSSR count). The molecule has 0 spiro atoms. The van der Waals surface area contributed by atoms with Gasteiger partial charge in [-0.1, -0.05) is 24.6 Å². The van der Waals surface area contributed by atoms with Crippen LogP contribution in [0.5, 0.6) is 0 Å². The van der Waals surface area contributed by atoms with Gasteiger partial charge in [-0.25, -0.2) is 0 Å². The summed E-state index contributed by atoms with van der Waals surface area (Å²) in [5.41, 5.74) is 2.23. The summed E-state index contributed by atoms with van der Waals surface area (Å²) in [5, 5.41) is 6.48. The Balaban J connectivity index is 2.28. The Morgan fingerprint density at radius 2 is 2.11 bits per heavy atom. The molecule has 1 unspecified atom stereocenters. The molecule has 0 fully saturated rings. The summed E-state index contributed by atoms with van der Waals surface area (Å²) in [6.45, 7) is 2.19. The van der Waals surface area contributed by atoms with Crippen molar-refractivity contribution in [3.63, 3.8) is 0 Å². The second-order valence-electron chi connectivity index (χ2n) is 4.68. The van der Waals surface area contributed by atoms with Crippen LogP contribution < -0.4 is 10.2 Å². The van der Waals surface area contributed by atoms with Gasteiger partial charge in [-0.3, -0.25) is 0 Å². The van der Waals surface area contributed by atoms with Gasteiger partial charge >= 0.3 is 0 Å². The molecule has 0 aliphatic rings. The molecule has 4 heteroatoms. The van der Waals surface area contributed by atoms with Gasteiger partial charge in [0.1, 0.15) is 0 Å². The van der Waals surface area contributed by atoms with Crippen LogP contribution in [-0.4, -0.2) is 14.1 Å². The molecule has 0 aliphatic carbocycles. The second-order valence-corrected chi connectivity index (χ2v) is 6.09. The third kappa shape index (κ3) is 3.43. The van der Waals surface area contributed by atoms with Crippen LogP contribution in [0.3, 0.4) is 0 Å². The minimum Gasteiger partial charge on any atom is -0.376 e. The molecule has 1 aromatic carbocycles. The summed E-state index contributed by atoms with van der Waals surface area (Å²) < 4.78 is 0. The molecule has 0 saturated carbocycles. The van der Waals surface area contributed by atoms with Crippen molar-refractivity contribution in [2.45, 2.75) is 19.4 Å². The molecular formula is C15H19ClN2S. The van der Waals surface area contributed by atoms with Crippen molar-refractivity contribution in [3.05, 3.63) is 45.6 Å². The van der Waals surface area contributed by atoms with Crippen molar-refractivity contribution in [2.24, 2.45) is 0 Å². The topological polar surface area (TPSA) is 15.3 Å². The Labute approximate surface area is 124 Å². The summed E-state index contributed by atoms with van der Waals surface area (Å²) >= 11 is 7.90. The van der Waals surface area contributed by atoms with E-state index in [1.807, 2.05) is 32.3 Å². The van der Waals surface area contributed by atoms with Gasteiger partial charge in [0.2, 0.25) is 0 Å². The van der Waals surface area contributed by atoms with Crippen LogP contribution in [0.1, 0.15) is 24.3 Å². The summed E-state index contributed by atoms with van der Waals surface area (Å²) in [6.07, 6.45) is 1.04. The minimum atomic E-state index is 0.331. The molecule has 1 heterocycles. The molecule has 2 nitrogen and oxygen atoms in total. The van der Waals surface area contributed by atoms with E-state index in [9.17, 15) is 0 Å². The number of hydrogen-bond acceptors (Lipinski definition) is 3. The van der Waals surface area contributed by atoms with Gasteiger partial charge in [-0.15, -0.1) is 11.3 Å². The molecule has 0 radical (unpaired) electrons. The lowest BCUT2D eigenvalue weighted by atomic mass is 10.1. The summed E-state index contributed by atoms with van der Waals surface area (Å²) in [6, 6.07) is 10.6. The highest BCUT2D eigenvalue weighted by atomic mass is 35.5. The van der Waals surface area contributed by atoms with E-state index in [4.69, 9.17) is 11.6 Å². The summed E-state index contributed by atoms with van der Waals surface area (Å²) in [7, 11) is 4.08. The lowest BCUT2D eigenvalue weighted by Gasteiger charge is -2.23. The van der Waals surface area contributed by atoms with E-state index in [0.717, 1.165) is 22.8 Å². The van der Waals surface area contributed by atoms with Gasteiger partial charge < -0.3 is 10.2 Å². The Morgan fingerprint density at radius 3 is 2.68 bits per heavy atom. The van der Waals surface area contributed by atoms with E-state index in [1.165, 1.54) is 4.88 Å². The number of nitrogens with one attached hydrogen (secondary N) is 1. The summed E-state index contributed by atoms with van der Waals surface area (Å²) in [5.74, 6) is 0. The number of thiophene rings is 1. The third-order valence-corrected chi connectivity index (χ3v) is 4.29. The quantitative estimate of drug-likeness (QED) is 0.832. The summed E-state index contributed by atoms with van der Waals surface area (Å²) in [4.78, 5) is 3.45. The first-order chi connectivity index (χ1) is 9.11. The van der Waals surface area contributed by atoms with Crippen molar-refractivity contribution in [1.29, 1.82) is 0 Å². The molecule has 19 heavy (non-hydrogen) atoms. The second kappa shape index (κ2) is 6.31. The molecule has 0 amide bonds. The monoisotopic (exact) mass is 294 g/mol. The highest BCUT2D eigenvalue weighted by molar-refractivity contribution is 7.10. The highest BCUT2D eigenvalue weighted by Crippen LogP contribution is 2.33. The van der Waals surface area contributed by atoms with Gasteiger partial charge in [-0.05, 0) is 36.1 Å². The zero-order valence-electron chi connectivity index (χ0n) is 11.5. The first kappa shape index (κ1) is 14.2.